The Bertz CT molecular complexity index is 1190. The third-order valence-electron chi connectivity index (χ3n) is 6.30. The van der Waals surface area contributed by atoms with Crippen molar-refractivity contribution >= 4 is 46.1 Å². The maximum atomic E-state index is 13.1. The molecule has 0 aliphatic carbocycles. The number of rotatable bonds is 7. The van der Waals surface area contributed by atoms with E-state index in [2.05, 4.69) is 35.8 Å². The summed E-state index contributed by atoms with van der Waals surface area (Å²) in [7, 11) is 0. The second-order valence-electron chi connectivity index (χ2n) is 8.78. The Kier molecular flexibility index (Phi) is 7.79. The van der Waals surface area contributed by atoms with E-state index in [9.17, 15) is 9.59 Å². The normalized spacial score (nSPS) is 16.1. The highest BCUT2D eigenvalue weighted by Crippen LogP contribution is 2.29. The molecule has 1 atom stereocenters. The summed E-state index contributed by atoms with van der Waals surface area (Å²) in [5.41, 5.74) is 3.94. The van der Waals surface area contributed by atoms with Gasteiger partial charge in [-0.3, -0.25) is 9.59 Å². The molecule has 6 nitrogen and oxygen atoms in total. The first-order valence-corrected chi connectivity index (χ1v) is 12.5. The molecule has 2 aromatic carbocycles. The number of nitrogens with zero attached hydrogens (tertiary/aromatic N) is 3. The number of fused-ring (bicyclic) bond motifs is 1. The number of aromatic nitrogens is 2. The first kappa shape index (κ1) is 24.6. The monoisotopic (exact) mass is 501 g/mol. The number of esters is 1. The van der Waals surface area contributed by atoms with Gasteiger partial charge in [-0.15, -0.1) is 0 Å². The minimum Gasteiger partial charge on any atom is -0.466 e. The highest BCUT2D eigenvalue weighted by Gasteiger charge is 2.29. The molecule has 0 unspecified atom stereocenters. The lowest BCUT2D eigenvalue weighted by molar-refractivity contribution is -0.151. The fraction of sp³-hybridized carbons (Fsp3) is 0.423. The number of amides is 1. The summed E-state index contributed by atoms with van der Waals surface area (Å²) in [4.78, 5) is 31.8. The van der Waals surface area contributed by atoms with Crippen LogP contribution in [0, 0.1) is 12.8 Å². The Balaban J connectivity index is 1.54. The maximum absolute atomic E-state index is 13.1. The van der Waals surface area contributed by atoms with Crippen LogP contribution in [-0.2, 0) is 27.3 Å². The molecule has 180 valence electrons. The van der Waals surface area contributed by atoms with Gasteiger partial charge < -0.3 is 14.2 Å². The first-order valence-electron chi connectivity index (χ1n) is 11.7. The molecule has 2 heterocycles. The summed E-state index contributed by atoms with van der Waals surface area (Å²) < 4.78 is 7.22. The van der Waals surface area contributed by atoms with E-state index in [1.54, 1.807) is 17.9 Å². The zero-order chi connectivity index (χ0) is 24.2. The molecule has 0 radical (unpaired) electrons. The number of ether oxygens (including phenoxy) is 1. The number of benzene rings is 2. The second-order valence-corrected chi connectivity index (χ2v) is 9.59. The summed E-state index contributed by atoms with van der Waals surface area (Å²) in [5.74, 6) is 0.419. The molecule has 1 aliphatic rings. The molecule has 1 aliphatic heterocycles. The molecule has 4 rings (SSSR count). The highest BCUT2D eigenvalue weighted by molar-refractivity contribution is 6.42. The standard InChI is InChI=1S/C26H29Cl2N3O3/c1-3-34-26(33)19-5-4-11-30(16-19)25(32)10-12-31-23-15-21(28)20(27)14-22(23)29-24(31)13-18-8-6-17(2)7-9-18/h6-9,14-15,19H,3-5,10-13,16H2,1-2H3/t19-/m0/s1. The number of carbonyl (C=O) groups excluding carboxylic acids is 2. The number of imidazole rings is 1. The van der Waals surface area contributed by atoms with Gasteiger partial charge in [-0.05, 0) is 44.4 Å². The van der Waals surface area contributed by atoms with Crippen molar-refractivity contribution in [2.75, 3.05) is 19.7 Å². The number of halogens is 2. The third-order valence-corrected chi connectivity index (χ3v) is 7.02. The zero-order valence-electron chi connectivity index (χ0n) is 19.5. The van der Waals surface area contributed by atoms with Gasteiger partial charge in [0.05, 0.1) is 33.6 Å². The van der Waals surface area contributed by atoms with Gasteiger partial charge in [-0.1, -0.05) is 53.0 Å². The Morgan fingerprint density at radius 2 is 1.88 bits per heavy atom. The van der Waals surface area contributed by atoms with Gasteiger partial charge in [0.2, 0.25) is 5.91 Å². The first-order chi connectivity index (χ1) is 16.4. The van der Waals surface area contributed by atoms with Crippen LogP contribution in [0.2, 0.25) is 10.0 Å². The van der Waals surface area contributed by atoms with Gasteiger partial charge in [0.15, 0.2) is 0 Å². The molecule has 0 N–H and O–H groups in total. The lowest BCUT2D eigenvalue weighted by Crippen LogP contribution is -2.43. The van der Waals surface area contributed by atoms with Gasteiger partial charge in [0, 0.05) is 32.5 Å². The van der Waals surface area contributed by atoms with Crippen molar-refractivity contribution in [1.82, 2.24) is 14.5 Å². The number of hydrogen-bond acceptors (Lipinski definition) is 4. The molecule has 8 heteroatoms. The van der Waals surface area contributed by atoms with Crippen LogP contribution in [0.15, 0.2) is 36.4 Å². The number of carbonyl (C=O) groups is 2. The van der Waals surface area contributed by atoms with Crippen molar-refractivity contribution < 1.29 is 14.3 Å². The summed E-state index contributed by atoms with van der Waals surface area (Å²) in [5, 5.41) is 0.909. The van der Waals surface area contributed by atoms with E-state index in [0.717, 1.165) is 35.3 Å². The van der Waals surface area contributed by atoms with Crippen molar-refractivity contribution in [3.8, 4) is 0 Å². The van der Waals surface area contributed by atoms with Crippen LogP contribution in [0.5, 0.6) is 0 Å². The van der Waals surface area contributed by atoms with Gasteiger partial charge >= 0.3 is 5.97 Å². The van der Waals surface area contributed by atoms with Crippen LogP contribution in [0.4, 0.5) is 0 Å². The predicted octanol–water partition coefficient (Wildman–Crippen LogP) is 5.43. The minimum absolute atomic E-state index is 0.0252. The number of aryl methyl sites for hydroxylation is 2. The highest BCUT2D eigenvalue weighted by atomic mass is 35.5. The van der Waals surface area contributed by atoms with E-state index in [1.807, 2.05) is 6.07 Å². The molecule has 0 saturated carbocycles. The molecule has 3 aromatic rings. The van der Waals surface area contributed by atoms with Gasteiger partial charge in [-0.2, -0.15) is 0 Å². The molecular formula is C26H29Cl2N3O3. The molecule has 1 fully saturated rings. The number of piperidine rings is 1. The smallest absolute Gasteiger partial charge is 0.310 e. The van der Waals surface area contributed by atoms with E-state index in [-0.39, 0.29) is 17.8 Å². The van der Waals surface area contributed by atoms with Crippen molar-refractivity contribution in [2.45, 2.75) is 46.1 Å². The third kappa shape index (κ3) is 5.56. The fourth-order valence-corrected chi connectivity index (χ4v) is 4.78. The van der Waals surface area contributed by atoms with Crippen LogP contribution in [-0.4, -0.2) is 46.0 Å². The van der Waals surface area contributed by atoms with E-state index in [1.165, 1.54) is 5.56 Å². The van der Waals surface area contributed by atoms with Gasteiger partial charge in [-0.25, -0.2) is 4.98 Å². The van der Waals surface area contributed by atoms with Crippen LogP contribution >= 0.6 is 23.2 Å². The van der Waals surface area contributed by atoms with E-state index >= 15 is 0 Å². The van der Waals surface area contributed by atoms with Crippen LogP contribution in [0.3, 0.4) is 0 Å². The van der Waals surface area contributed by atoms with Gasteiger partial charge in [0.25, 0.3) is 0 Å². The number of likely N-dealkylation sites (tertiary alicyclic amines) is 1. The number of hydrogen-bond donors (Lipinski definition) is 0. The fourth-order valence-electron chi connectivity index (χ4n) is 4.46. The predicted molar refractivity (Wildman–Crippen MR) is 134 cm³/mol. The van der Waals surface area contributed by atoms with E-state index in [0.29, 0.717) is 49.1 Å². The van der Waals surface area contributed by atoms with Crippen molar-refractivity contribution in [3.05, 3.63) is 63.4 Å². The van der Waals surface area contributed by atoms with Gasteiger partial charge in [0.1, 0.15) is 5.82 Å². The molecule has 1 amide bonds. The maximum Gasteiger partial charge on any atom is 0.310 e. The SMILES string of the molecule is CCOC(=O)[C@H]1CCCN(C(=O)CCn2c(Cc3ccc(C)cc3)nc3cc(Cl)c(Cl)cc32)C1. The Labute approximate surface area is 209 Å². The summed E-state index contributed by atoms with van der Waals surface area (Å²) in [6.45, 7) is 5.76. The van der Waals surface area contributed by atoms with Crippen LogP contribution in [0.25, 0.3) is 11.0 Å². The zero-order valence-corrected chi connectivity index (χ0v) is 21.0. The van der Waals surface area contributed by atoms with Crippen molar-refractivity contribution in [3.63, 3.8) is 0 Å². The molecule has 0 bridgehead atoms. The van der Waals surface area contributed by atoms with E-state index in [4.69, 9.17) is 32.9 Å². The minimum atomic E-state index is -0.246. The lowest BCUT2D eigenvalue weighted by Gasteiger charge is -2.31. The molecular weight excluding hydrogens is 473 g/mol. The second kappa shape index (κ2) is 10.8. The molecule has 1 saturated heterocycles. The Hall–Kier alpha value is -2.57. The Morgan fingerprint density at radius 1 is 1.15 bits per heavy atom. The Morgan fingerprint density at radius 3 is 2.62 bits per heavy atom. The quantitative estimate of drug-likeness (QED) is 0.404. The average molecular weight is 502 g/mol. The summed E-state index contributed by atoms with van der Waals surface area (Å²) >= 11 is 12.5. The lowest BCUT2D eigenvalue weighted by atomic mass is 9.98. The van der Waals surface area contributed by atoms with Crippen molar-refractivity contribution in [1.29, 1.82) is 0 Å². The van der Waals surface area contributed by atoms with Crippen LogP contribution < -0.4 is 0 Å². The summed E-state index contributed by atoms with van der Waals surface area (Å²) in [6.07, 6.45) is 2.50. The molecule has 0 spiro atoms. The summed E-state index contributed by atoms with van der Waals surface area (Å²) in [6, 6.07) is 11.9. The molecule has 1 aromatic heterocycles. The largest absolute Gasteiger partial charge is 0.466 e. The van der Waals surface area contributed by atoms with Crippen LogP contribution in [0.1, 0.15) is 43.1 Å². The van der Waals surface area contributed by atoms with E-state index < -0.39 is 0 Å². The molecule has 34 heavy (non-hydrogen) atoms. The average Bonchev–Trinajstić information content (AvgIpc) is 3.15. The van der Waals surface area contributed by atoms with Crippen molar-refractivity contribution in [2.24, 2.45) is 5.92 Å². The topological polar surface area (TPSA) is 64.4 Å².